The van der Waals surface area contributed by atoms with Gasteiger partial charge in [0.05, 0.1) is 5.56 Å². The summed E-state index contributed by atoms with van der Waals surface area (Å²) in [5.41, 5.74) is 4.89. The highest BCUT2D eigenvalue weighted by molar-refractivity contribution is 5.72. The van der Waals surface area contributed by atoms with Crippen molar-refractivity contribution in [2.45, 2.75) is 26.4 Å². The predicted molar refractivity (Wildman–Crippen MR) is 88.2 cm³/mol. The number of aromatic nitrogens is 2. The van der Waals surface area contributed by atoms with Gasteiger partial charge in [0.25, 0.3) is 5.56 Å². The molecule has 0 aliphatic carbocycles. The molecule has 1 aromatic carbocycles. The second-order valence-electron chi connectivity index (χ2n) is 5.21. The second-order valence-corrected chi connectivity index (χ2v) is 5.21. The monoisotopic (exact) mass is 313 g/mol. The molecule has 6 nitrogen and oxygen atoms in total. The Kier molecular flexibility index (Phi) is 4.61. The zero-order valence-electron chi connectivity index (χ0n) is 13.0. The van der Waals surface area contributed by atoms with Crippen molar-refractivity contribution in [3.05, 3.63) is 58.5 Å². The summed E-state index contributed by atoms with van der Waals surface area (Å²) in [7, 11) is 0. The average molecular weight is 313 g/mol. The molecule has 2 aromatic heterocycles. The highest BCUT2D eigenvalue weighted by atomic mass is 16.6. The number of nitrogens with zero attached hydrogens (tertiary/aromatic N) is 2. The lowest BCUT2D eigenvalue weighted by molar-refractivity contribution is 0.225. The van der Waals surface area contributed by atoms with E-state index in [1.54, 1.807) is 12.3 Å². The Bertz CT molecular complexity index is 805. The standard InChI is InChI=1S/C17H19N3O3/c1-2-3-10-18-20-11-6-7-13(16(20)21)12-22-17-19-14-8-4-5-9-15(14)23-17/h4-9,11,18H,2-3,10,12H2,1H3. The van der Waals surface area contributed by atoms with Crippen LogP contribution in [0.15, 0.2) is 51.8 Å². The maximum Gasteiger partial charge on any atom is 0.394 e. The fraction of sp³-hybridized carbons (Fsp3) is 0.294. The van der Waals surface area contributed by atoms with Gasteiger partial charge >= 0.3 is 6.08 Å². The molecule has 0 saturated carbocycles. The smallest absolute Gasteiger partial charge is 0.394 e. The molecule has 0 aliphatic rings. The Labute approximate surface area is 133 Å². The van der Waals surface area contributed by atoms with Crippen molar-refractivity contribution >= 4 is 11.1 Å². The fourth-order valence-electron chi connectivity index (χ4n) is 2.20. The van der Waals surface area contributed by atoms with E-state index < -0.39 is 0 Å². The minimum Gasteiger partial charge on any atom is -0.445 e. The molecule has 2 heterocycles. The number of pyridine rings is 1. The minimum atomic E-state index is -0.125. The first kappa shape index (κ1) is 15.1. The first-order chi connectivity index (χ1) is 11.3. The van der Waals surface area contributed by atoms with E-state index in [1.807, 2.05) is 30.3 Å². The van der Waals surface area contributed by atoms with E-state index in [9.17, 15) is 4.79 Å². The van der Waals surface area contributed by atoms with E-state index in [0.29, 0.717) is 11.1 Å². The van der Waals surface area contributed by atoms with Crippen LogP contribution in [0, 0.1) is 0 Å². The van der Waals surface area contributed by atoms with Crippen molar-refractivity contribution in [1.29, 1.82) is 0 Å². The number of hydrogen-bond acceptors (Lipinski definition) is 5. The third-order valence-corrected chi connectivity index (χ3v) is 3.46. The summed E-state index contributed by atoms with van der Waals surface area (Å²) in [6.45, 7) is 2.98. The molecule has 0 radical (unpaired) electrons. The zero-order valence-corrected chi connectivity index (χ0v) is 13.0. The van der Waals surface area contributed by atoms with Crippen LogP contribution in [0.25, 0.3) is 11.1 Å². The lowest BCUT2D eigenvalue weighted by Gasteiger charge is -2.10. The summed E-state index contributed by atoms with van der Waals surface area (Å²) in [6, 6.07) is 11.0. The number of rotatable bonds is 7. The molecule has 1 N–H and O–H groups in total. The summed E-state index contributed by atoms with van der Waals surface area (Å²) in [5, 5.41) is 0. The van der Waals surface area contributed by atoms with Crippen LogP contribution in [0.5, 0.6) is 6.08 Å². The van der Waals surface area contributed by atoms with Crippen LogP contribution in [0.2, 0.25) is 0 Å². The molecule has 0 saturated heterocycles. The maximum absolute atomic E-state index is 12.3. The van der Waals surface area contributed by atoms with Crippen LogP contribution in [-0.4, -0.2) is 16.2 Å². The van der Waals surface area contributed by atoms with Gasteiger partial charge in [-0.15, -0.1) is 0 Å². The topological polar surface area (TPSA) is 69.3 Å². The van der Waals surface area contributed by atoms with E-state index in [4.69, 9.17) is 9.15 Å². The van der Waals surface area contributed by atoms with Crippen molar-refractivity contribution in [1.82, 2.24) is 9.66 Å². The summed E-state index contributed by atoms with van der Waals surface area (Å²) in [6.07, 6.45) is 3.96. The number of benzene rings is 1. The third kappa shape index (κ3) is 3.53. The van der Waals surface area contributed by atoms with E-state index in [2.05, 4.69) is 17.3 Å². The molecule has 0 atom stereocenters. The Hall–Kier alpha value is -2.76. The van der Waals surface area contributed by atoms with Crippen LogP contribution in [0.4, 0.5) is 0 Å². The van der Waals surface area contributed by atoms with Gasteiger partial charge in [-0.25, -0.2) is 4.68 Å². The zero-order chi connectivity index (χ0) is 16.1. The Morgan fingerprint density at radius 3 is 2.96 bits per heavy atom. The van der Waals surface area contributed by atoms with Crippen LogP contribution < -0.4 is 15.7 Å². The van der Waals surface area contributed by atoms with Gasteiger partial charge in [-0.3, -0.25) is 4.79 Å². The van der Waals surface area contributed by atoms with Crippen molar-refractivity contribution in [3.63, 3.8) is 0 Å². The molecular formula is C17H19N3O3. The lowest BCUT2D eigenvalue weighted by Crippen LogP contribution is -2.31. The second kappa shape index (κ2) is 7.00. The Balaban J connectivity index is 1.70. The maximum atomic E-state index is 12.3. The molecule has 0 bridgehead atoms. The number of nitrogens with one attached hydrogen (secondary N) is 1. The van der Waals surface area contributed by atoms with Gasteiger partial charge < -0.3 is 14.6 Å². The van der Waals surface area contributed by atoms with Gasteiger partial charge in [-0.2, -0.15) is 4.98 Å². The molecule has 0 fully saturated rings. The van der Waals surface area contributed by atoms with Crippen molar-refractivity contribution in [2.75, 3.05) is 12.0 Å². The average Bonchev–Trinajstić information content (AvgIpc) is 2.98. The quantitative estimate of drug-likeness (QED) is 0.679. The van der Waals surface area contributed by atoms with Gasteiger partial charge in [0.15, 0.2) is 5.58 Å². The van der Waals surface area contributed by atoms with Crippen LogP contribution >= 0.6 is 0 Å². The first-order valence-electron chi connectivity index (χ1n) is 7.70. The van der Waals surface area contributed by atoms with Gasteiger partial charge in [-0.1, -0.05) is 25.5 Å². The molecule has 120 valence electrons. The predicted octanol–water partition coefficient (Wildman–Crippen LogP) is 2.91. The number of ether oxygens (including phenoxy) is 1. The van der Waals surface area contributed by atoms with E-state index in [-0.39, 0.29) is 18.2 Å². The van der Waals surface area contributed by atoms with Crippen LogP contribution in [0.3, 0.4) is 0 Å². The molecule has 0 amide bonds. The van der Waals surface area contributed by atoms with Gasteiger partial charge in [0.2, 0.25) is 0 Å². The molecule has 3 aromatic rings. The van der Waals surface area contributed by atoms with Crippen LogP contribution in [-0.2, 0) is 6.61 Å². The Morgan fingerprint density at radius 1 is 1.26 bits per heavy atom. The normalized spacial score (nSPS) is 10.8. The lowest BCUT2D eigenvalue weighted by atomic mass is 10.3. The van der Waals surface area contributed by atoms with Gasteiger partial charge in [0.1, 0.15) is 12.1 Å². The number of oxazole rings is 1. The summed E-state index contributed by atoms with van der Waals surface area (Å²) >= 11 is 0. The first-order valence-corrected chi connectivity index (χ1v) is 7.70. The summed E-state index contributed by atoms with van der Waals surface area (Å²) < 4.78 is 12.5. The minimum absolute atomic E-state index is 0.113. The van der Waals surface area contributed by atoms with Crippen molar-refractivity contribution in [3.8, 4) is 6.08 Å². The summed E-state index contributed by atoms with van der Waals surface area (Å²) in [5.74, 6) is 0. The van der Waals surface area contributed by atoms with E-state index >= 15 is 0 Å². The van der Waals surface area contributed by atoms with Crippen molar-refractivity contribution < 1.29 is 9.15 Å². The van der Waals surface area contributed by atoms with E-state index in [0.717, 1.165) is 24.9 Å². The largest absolute Gasteiger partial charge is 0.445 e. The molecule has 3 rings (SSSR count). The molecule has 23 heavy (non-hydrogen) atoms. The molecule has 0 aliphatic heterocycles. The van der Waals surface area contributed by atoms with E-state index in [1.165, 1.54) is 4.68 Å². The van der Waals surface area contributed by atoms with Crippen LogP contribution in [0.1, 0.15) is 25.3 Å². The summed E-state index contributed by atoms with van der Waals surface area (Å²) in [4.78, 5) is 16.6. The number of hydrogen-bond donors (Lipinski definition) is 1. The molecule has 6 heteroatoms. The molecule has 0 spiro atoms. The molecule has 0 unspecified atom stereocenters. The third-order valence-electron chi connectivity index (χ3n) is 3.46. The number of para-hydroxylation sites is 2. The SMILES string of the molecule is CCCCNn1cccc(COc2nc3ccccc3o2)c1=O. The molecular weight excluding hydrogens is 294 g/mol. The number of fused-ring (bicyclic) bond motifs is 1. The highest BCUT2D eigenvalue weighted by Crippen LogP contribution is 2.20. The Morgan fingerprint density at radius 2 is 2.13 bits per heavy atom. The van der Waals surface area contributed by atoms with Crippen molar-refractivity contribution in [2.24, 2.45) is 0 Å². The van der Waals surface area contributed by atoms with Gasteiger partial charge in [0, 0.05) is 12.7 Å². The van der Waals surface area contributed by atoms with Gasteiger partial charge in [-0.05, 0) is 30.7 Å². The number of unbranched alkanes of at least 4 members (excludes halogenated alkanes) is 1. The highest BCUT2D eigenvalue weighted by Gasteiger charge is 2.08. The fourth-order valence-corrected chi connectivity index (χ4v) is 2.20.